The first-order valence-electron chi connectivity index (χ1n) is 8.92. The fraction of sp³-hybridized carbons (Fsp3) is 0.0435. The van der Waals surface area contributed by atoms with Crippen molar-refractivity contribution in [2.24, 2.45) is 0 Å². The van der Waals surface area contributed by atoms with E-state index in [-0.39, 0.29) is 11.1 Å². The van der Waals surface area contributed by atoms with Gasteiger partial charge in [0.25, 0.3) is 11.1 Å². The van der Waals surface area contributed by atoms with E-state index in [4.69, 9.17) is 4.74 Å². The number of rotatable bonds is 2. The fourth-order valence-electron chi connectivity index (χ4n) is 3.68. The van der Waals surface area contributed by atoms with Gasteiger partial charge in [0.1, 0.15) is 5.75 Å². The third kappa shape index (κ3) is 2.26. The Balaban J connectivity index is 2.05. The smallest absolute Gasteiger partial charge is 0.278 e. The lowest BCUT2D eigenvalue weighted by molar-refractivity contribution is 0.415. The highest BCUT2D eigenvalue weighted by Gasteiger charge is 2.15. The minimum Gasteiger partial charge on any atom is -0.497 e. The molecule has 3 aromatic carbocycles. The average molecular weight is 368 g/mol. The van der Waals surface area contributed by atoms with Gasteiger partial charge in [-0.2, -0.15) is 0 Å². The van der Waals surface area contributed by atoms with E-state index in [9.17, 15) is 9.59 Å². The molecule has 28 heavy (non-hydrogen) atoms. The molecule has 0 aliphatic heterocycles. The zero-order valence-corrected chi connectivity index (χ0v) is 15.1. The SMILES string of the molecule is COc1ccc(-c2cc3ccccc3n3c(=O)c4ccccc4c(=O)n23)cc1. The van der Waals surface area contributed by atoms with E-state index < -0.39 is 0 Å². The number of hydrogen-bond acceptors (Lipinski definition) is 3. The summed E-state index contributed by atoms with van der Waals surface area (Å²) in [7, 11) is 1.61. The standard InChI is InChI=1S/C23H16N2O3/c1-28-17-12-10-15(11-13-17)21-14-16-6-2-5-9-20(16)24-22(26)18-7-3-4-8-19(18)23(27)25(21)24/h2-14H,1H3. The van der Waals surface area contributed by atoms with Crippen LogP contribution in [0.4, 0.5) is 0 Å². The first kappa shape index (κ1) is 16.3. The summed E-state index contributed by atoms with van der Waals surface area (Å²) in [6, 6.07) is 23.9. The summed E-state index contributed by atoms with van der Waals surface area (Å²) in [5, 5.41) is 1.70. The van der Waals surface area contributed by atoms with Crippen molar-refractivity contribution in [3.63, 3.8) is 0 Å². The Morgan fingerprint density at radius 1 is 0.714 bits per heavy atom. The molecule has 0 fully saturated rings. The lowest BCUT2D eigenvalue weighted by Gasteiger charge is -2.15. The lowest BCUT2D eigenvalue weighted by atomic mass is 10.1. The third-order valence-electron chi connectivity index (χ3n) is 5.04. The molecule has 0 saturated heterocycles. The first-order chi connectivity index (χ1) is 13.7. The molecule has 5 heteroatoms. The van der Waals surface area contributed by atoms with Gasteiger partial charge in [0.15, 0.2) is 0 Å². The highest BCUT2D eigenvalue weighted by atomic mass is 16.5. The fourth-order valence-corrected chi connectivity index (χ4v) is 3.68. The number of aromatic nitrogens is 2. The van der Waals surface area contributed by atoms with Gasteiger partial charge in [0.2, 0.25) is 0 Å². The highest BCUT2D eigenvalue weighted by Crippen LogP contribution is 2.25. The van der Waals surface area contributed by atoms with Crippen LogP contribution in [0.2, 0.25) is 0 Å². The van der Waals surface area contributed by atoms with Crippen molar-refractivity contribution in [1.29, 1.82) is 0 Å². The molecule has 2 heterocycles. The molecule has 136 valence electrons. The second kappa shape index (κ2) is 6.09. The van der Waals surface area contributed by atoms with Crippen molar-refractivity contribution in [3.8, 4) is 17.0 Å². The van der Waals surface area contributed by atoms with Gasteiger partial charge in [0.05, 0.1) is 29.1 Å². The van der Waals surface area contributed by atoms with E-state index in [0.717, 1.165) is 16.7 Å². The van der Waals surface area contributed by atoms with E-state index in [0.29, 0.717) is 22.0 Å². The van der Waals surface area contributed by atoms with Gasteiger partial charge < -0.3 is 4.74 Å². The number of fused-ring (bicyclic) bond motifs is 4. The summed E-state index contributed by atoms with van der Waals surface area (Å²) >= 11 is 0. The molecule has 0 spiro atoms. The van der Waals surface area contributed by atoms with Crippen molar-refractivity contribution in [2.45, 2.75) is 0 Å². The normalized spacial score (nSPS) is 11.3. The molecule has 0 aliphatic carbocycles. The summed E-state index contributed by atoms with van der Waals surface area (Å²) in [5.74, 6) is 0.726. The van der Waals surface area contributed by atoms with E-state index in [1.165, 1.54) is 9.03 Å². The Hall–Kier alpha value is -3.86. The topological polar surface area (TPSA) is 52.2 Å². The summed E-state index contributed by atoms with van der Waals surface area (Å²) in [6.45, 7) is 0. The van der Waals surface area contributed by atoms with E-state index in [1.807, 2.05) is 54.6 Å². The predicted octanol–water partition coefficient (Wildman–Crippen LogP) is 3.74. The second-order valence-corrected chi connectivity index (χ2v) is 6.60. The quantitative estimate of drug-likeness (QED) is 0.352. The van der Waals surface area contributed by atoms with E-state index in [2.05, 4.69) is 0 Å². The van der Waals surface area contributed by atoms with Crippen LogP contribution in [-0.2, 0) is 0 Å². The molecule has 0 N–H and O–H groups in total. The van der Waals surface area contributed by atoms with Crippen LogP contribution >= 0.6 is 0 Å². The third-order valence-corrected chi connectivity index (χ3v) is 5.04. The number of nitrogens with zero attached hydrogens (tertiary/aromatic N) is 2. The van der Waals surface area contributed by atoms with Crippen LogP contribution in [-0.4, -0.2) is 16.1 Å². The Morgan fingerprint density at radius 3 is 2.00 bits per heavy atom. The molecular formula is C23H16N2O3. The molecule has 5 aromatic rings. The maximum Gasteiger partial charge on any atom is 0.278 e. The van der Waals surface area contributed by atoms with Crippen LogP contribution in [0, 0.1) is 0 Å². The summed E-state index contributed by atoms with van der Waals surface area (Å²) < 4.78 is 8.18. The lowest BCUT2D eigenvalue weighted by Crippen LogP contribution is -2.31. The van der Waals surface area contributed by atoms with Crippen LogP contribution in [0.15, 0.2) is 88.5 Å². The van der Waals surface area contributed by atoms with Crippen molar-refractivity contribution in [1.82, 2.24) is 9.03 Å². The molecular weight excluding hydrogens is 352 g/mol. The maximum atomic E-state index is 13.4. The zero-order chi connectivity index (χ0) is 19.3. The Bertz CT molecular complexity index is 1480. The Morgan fingerprint density at radius 2 is 1.32 bits per heavy atom. The number of ether oxygens (including phenoxy) is 1. The molecule has 5 rings (SSSR count). The predicted molar refractivity (Wildman–Crippen MR) is 110 cm³/mol. The van der Waals surface area contributed by atoms with Gasteiger partial charge in [-0.05, 0) is 48.5 Å². The summed E-state index contributed by atoms with van der Waals surface area (Å²) in [4.78, 5) is 26.7. The molecule has 0 atom stereocenters. The molecule has 0 radical (unpaired) electrons. The largest absolute Gasteiger partial charge is 0.497 e. The van der Waals surface area contributed by atoms with Crippen LogP contribution in [0.3, 0.4) is 0 Å². The monoisotopic (exact) mass is 368 g/mol. The van der Waals surface area contributed by atoms with Gasteiger partial charge in [-0.15, -0.1) is 0 Å². The van der Waals surface area contributed by atoms with Crippen molar-refractivity contribution in [2.75, 3.05) is 7.11 Å². The average Bonchev–Trinajstić information content (AvgIpc) is 2.76. The first-order valence-corrected chi connectivity index (χ1v) is 8.92. The van der Waals surface area contributed by atoms with Crippen molar-refractivity contribution < 1.29 is 4.74 Å². The maximum absolute atomic E-state index is 13.4. The number of methoxy groups -OCH3 is 1. The Kier molecular flexibility index (Phi) is 3.55. The molecule has 0 saturated carbocycles. The zero-order valence-electron chi connectivity index (χ0n) is 15.1. The molecule has 2 aromatic heterocycles. The minimum absolute atomic E-state index is 0.221. The van der Waals surface area contributed by atoms with Crippen LogP contribution in [0.1, 0.15) is 0 Å². The number of para-hydroxylation sites is 1. The van der Waals surface area contributed by atoms with Gasteiger partial charge in [-0.3, -0.25) is 9.59 Å². The van der Waals surface area contributed by atoms with Gasteiger partial charge in [0, 0.05) is 10.9 Å². The van der Waals surface area contributed by atoms with Gasteiger partial charge >= 0.3 is 0 Å². The van der Waals surface area contributed by atoms with Crippen LogP contribution < -0.4 is 15.9 Å². The van der Waals surface area contributed by atoms with Gasteiger partial charge in [-0.25, -0.2) is 9.03 Å². The molecule has 5 nitrogen and oxygen atoms in total. The minimum atomic E-state index is -0.230. The highest BCUT2D eigenvalue weighted by molar-refractivity contribution is 5.86. The number of hydrogen-bond donors (Lipinski definition) is 0. The van der Waals surface area contributed by atoms with E-state index in [1.54, 1.807) is 31.4 Å². The van der Waals surface area contributed by atoms with Gasteiger partial charge in [-0.1, -0.05) is 30.3 Å². The number of benzene rings is 3. The van der Waals surface area contributed by atoms with Crippen molar-refractivity contribution in [3.05, 3.63) is 99.6 Å². The second-order valence-electron chi connectivity index (χ2n) is 6.60. The van der Waals surface area contributed by atoms with E-state index >= 15 is 0 Å². The van der Waals surface area contributed by atoms with Crippen LogP contribution in [0.5, 0.6) is 5.75 Å². The van der Waals surface area contributed by atoms with Crippen molar-refractivity contribution >= 4 is 21.7 Å². The van der Waals surface area contributed by atoms with Crippen LogP contribution in [0.25, 0.3) is 32.9 Å². The summed E-state index contributed by atoms with van der Waals surface area (Å²) in [5.41, 5.74) is 1.70. The Labute approximate surface area is 159 Å². The summed E-state index contributed by atoms with van der Waals surface area (Å²) in [6.07, 6.45) is 0. The molecule has 0 aliphatic rings. The molecule has 0 unspecified atom stereocenters. The molecule has 0 bridgehead atoms. The molecule has 0 amide bonds.